The number of para-hydroxylation sites is 2. The van der Waals surface area contributed by atoms with Gasteiger partial charge in [-0.3, -0.25) is 9.36 Å². The highest BCUT2D eigenvalue weighted by atomic mass is 32.2. The molecular weight excluding hydrogens is 406 g/mol. The van der Waals surface area contributed by atoms with Crippen LogP contribution in [0.2, 0.25) is 0 Å². The van der Waals surface area contributed by atoms with Crippen LogP contribution in [0, 0.1) is 0 Å². The lowest BCUT2D eigenvalue weighted by Gasteiger charge is -2.16. The molecule has 9 heteroatoms. The van der Waals surface area contributed by atoms with E-state index in [4.69, 9.17) is 4.42 Å². The third-order valence-electron chi connectivity index (χ3n) is 5.18. The molecule has 0 atom stereocenters. The van der Waals surface area contributed by atoms with Gasteiger partial charge in [0.2, 0.25) is 15.9 Å². The highest BCUT2D eigenvalue weighted by Gasteiger charge is 2.27. The monoisotopic (exact) mass is 429 g/mol. The van der Waals surface area contributed by atoms with Crippen molar-refractivity contribution in [1.29, 1.82) is 0 Å². The van der Waals surface area contributed by atoms with Crippen LogP contribution in [0.3, 0.4) is 0 Å². The maximum absolute atomic E-state index is 12.7. The zero-order valence-corrected chi connectivity index (χ0v) is 17.2. The number of aromatic nitrogens is 1. The number of sulfonamides is 1. The molecule has 158 valence electrons. The molecule has 1 amide bonds. The third-order valence-corrected chi connectivity index (χ3v) is 7.07. The van der Waals surface area contributed by atoms with Crippen molar-refractivity contribution in [2.45, 2.75) is 37.1 Å². The molecule has 0 radical (unpaired) electrons. The van der Waals surface area contributed by atoms with E-state index in [1.165, 1.54) is 14.9 Å². The lowest BCUT2D eigenvalue weighted by atomic mass is 10.2. The SMILES string of the molecule is O=C(CCCn1c(=O)oc2ccccc21)Nc1cccc(S(=O)(=O)N2CCCC2)c1. The zero-order valence-electron chi connectivity index (χ0n) is 16.4. The Morgan fingerprint density at radius 2 is 1.83 bits per heavy atom. The Morgan fingerprint density at radius 1 is 1.07 bits per heavy atom. The Labute approximate surface area is 174 Å². The number of anilines is 1. The summed E-state index contributed by atoms with van der Waals surface area (Å²) in [6.07, 6.45) is 2.37. The summed E-state index contributed by atoms with van der Waals surface area (Å²) in [5.41, 5.74) is 1.65. The Bertz CT molecular complexity index is 1220. The molecule has 2 aromatic carbocycles. The third kappa shape index (κ3) is 4.17. The fourth-order valence-electron chi connectivity index (χ4n) is 3.66. The molecule has 0 saturated carbocycles. The van der Waals surface area contributed by atoms with Crippen molar-refractivity contribution in [2.24, 2.45) is 0 Å². The number of rotatable bonds is 7. The van der Waals surface area contributed by atoms with Gasteiger partial charge in [0.15, 0.2) is 5.58 Å². The number of oxazole rings is 1. The lowest BCUT2D eigenvalue weighted by molar-refractivity contribution is -0.116. The Hall–Kier alpha value is -2.91. The average Bonchev–Trinajstić information content (AvgIpc) is 3.37. The van der Waals surface area contributed by atoms with Gasteiger partial charge in [0.05, 0.1) is 10.4 Å². The van der Waals surface area contributed by atoms with Gasteiger partial charge in [0.1, 0.15) is 0 Å². The van der Waals surface area contributed by atoms with Crippen molar-refractivity contribution in [1.82, 2.24) is 8.87 Å². The van der Waals surface area contributed by atoms with Gasteiger partial charge in [0, 0.05) is 31.7 Å². The fraction of sp³-hybridized carbons (Fsp3) is 0.333. The molecule has 0 aliphatic carbocycles. The number of nitrogens with zero attached hydrogens (tertiary/aromatic N) is 2. The number of fused-ring (bicyclic) bond motifs is 1. The van der Waals surface area contributed by atoms with Crippen LogP contribution in [0.5, 0.6) is 0 Å². The molecule has 4 rings (SSSR count). The molecule has 0 unspecified atom stereocenters. The smallest absolute Gasteiger partial charge is 0.408 e. The molecule has 1 aliphatic heterocycles. The van der Waals surface area contributed by atoms with E-state index in [0.29, 0.717) is 42.8 Å². The minimum Gasteiger partial charge on any atom is -0.408 e. The summed E-state index contributed by atoms with van der Waals surface area (Å²) < 4.78 is 33.5. The first-order valence-electron chi connectivity index (χ1n) is 9.93. The van der Waals surface area contributed by atoms with Crippen molar-refractivity contribution in [3.63, 3.8) is 0 Å². The van der Waals surface area contributed by atoms with E-state index >= 15 is 0 Å². The second-order valence-corrected chi connectivity index (χ2v) is 9.22. The van der Waals surface area contributed by atoms with E-state index < -0.39 is 15.8 Å². The summed E-state index contributed by atoms with van der Waals surface area (Å²) in [5, 5.41) is 2.74. The predicted octanol–water partition coefficient (Wildman–Crippen LogP) is 2.80. The Balaban J connectivity index is 1.37. The normalized spacial score (nSPS) is 14.9. The first-order chi connectivity index (χ1) is 14.4. The van der Waals surface area contributed by atoms with Crippen LogP contribution in [0.15, 0.2) is 62.6 Å². The highest BCUT2D eigenvalue weighted by molar-refractivity contribution is 7.89. The standard InChI is InChI=1S/C21H23N3O5S/c25-20(11-6-14-24-18-9-1-2-10-19(18)29-21(24)26)22-16-7-5-8-17(15-16)30(27,28)23-12-3-4-13-23/h1-2,5,7-10,15H,3-4,6,11-14H2,(H,22,25). The van der Waals surface area contributed by atoms with Crippen LogP contribution in [-0.2, 0) is 21.4 Å². The van der Waals surface area contributed by atoms with Crippen molar-refractivity contribution in [3.8, 4) is 0 Å². The second kappa shape index (κ2) is 8.45. The maximum atomic E-state index is 12.7. The summed E-state index contributed by atoms with van der Waals surface area (Å²) in [4.78, 5) is 24.5. The van der Waals surface area contributed by atoms with Crippen LogP contribution >= 0.6 is 0 Å². The molecule has 0 spiro atoms. The van der Waals surface area contributed by atoms with Crippen molar-refractivity contribution >= 4 is 32.7 Å². The zero-order chi connectivity index (χ0) is 21.1. The summed E-state index contributed by atoms with van der Waals surface area (Å²) in [6, 6.07) is 13.4. The minimum atomic E-state index is -3.54. The molecule has 1 N–H and O–H groups in total. The van der Waals surface area contributed by atoms with Gasteiger partial charge in [-0.2, -0.15) is 4.31 Å². The van der Waals surface area contributed by atoms with Gasteiger partial charge in [-0.25, -0.2) is 13.2 Å². The van der Waals surface area contributed by atoms with Gasteiger partial charge < -0.3 is 9.73 Å². The Morgan fingerprint density at radius 3 is 2.63 bits per heavy atom. The molecule has 1 fully saturated rings. The van der Waals surface area contributed by atoms with Crippen LogP contribution < -0.4 is 11.1 Å². The summed E-state index contributed by atoms with van der Waals surface area (Å²) in [7, 11) is -3.54. The number of amides is 1. The van der Waals surface area contributed by atoms with Gasteiger partial charge in [-0.05, 0) is 49.6 Å². The van der Waals surface area contributed by atoms with Crippen molar-refractivity contribution in [2.75, 3.05) is 18.4 Å². The quantitative estimate of drug-likeness (QED) is 0.622. The number of nitrogens with one attached hydrogen (secondary N) is 1. The van der Waals surface area contributed by atoms with Crippen LogP contribution in [0.25, 0.3) is 11.1 Å². The summed E-state index contributed by atoms with van der Waals surface area (Å²) in [6.45, 7) is 1.41. The van der Waals surface area contributed by atoms with Crippen molar-refractivity contribution in [3.05, 3.63) is 59.1 Å². The largest absolute Gasteiger partial charge is 0.419 e. The molecule has 30 heavy (non-hydrogen) atoms. The van der Waals surface area contributed by atoms with E-state index in [0.717, 1.165) is 12.8 Å². The molecular formula is C21H23N3O5S. The fourth-order valence-corrected chi connectivity index (χ4v) is 5.22. The van der Waals surface area contributed by atoms with Gasteiger partial charge >= 0.3 is 5.76 Å². The maximum Gasteiger partial charge on any atom is 0.419 e. The Kier molecular flexibility index (Phi) is 5.74. The number of hydrogen-bond acceptors (Lipinski definition) is 5. The minimum absolute atomic E-state index is 0.179. The number of benzene rings is 2. The van der Waals surface area contributed by atoms with Crippen LogP contribution in [0.1, 0.15) is 25.7 Å². The molecule has 0 bridgehead atoms. The predicted molar refractivity (Wildman–Crippen MR) is 113 cm³/mol. The number of hydrogen-bond donors (Lipinski definition) is 1. The van der Waals surface area contributed by atoms with E-state index in [-0.39, 0.29) is 17.2 Å². The van der Waals surface area contributed by atoms with Crippen molar-refractivity contribution < 1.29 is 17.6 Å². The topological polar surface area (TPSA) is 102 Å². The van der Waals surface area contributed by atoms with Gasteiger partial charge in [-0.15, -0.1) is 0 Å². The van der Waals surface area contributed by atoms with Crippen LogP contribution in [0.4, 0.5) is 5.69 Å². The molecule has 2 heterocycles. The molecule has 1 aliphatic rings. The summed E-state index contributed by atoms with van der Waals surface area (Å²) in [5.74, 6) is -0.692. The molecule has 1 saturated heterocycles. The molecule has 3 aromatic rings. The van der Waals surface area contributed by atoms with Gasteiger partial charge in [-0.1, -0.05) is 18.2 Å². The average molecular weight is 429 g/mol. The first-order valence-corrected chi connectivity index (χ1v) is 11.4. The van der Waals surface area contributed by atoms with E-state index in [1.807, 2.05) is 6.07 Å². The molecule has 1 aromatic heterocycles. The highest BCUT2D eigenvalue weighted by Crippen LogP contribution is 2.23. The number of aryl methyl sites for hydroxylation is 1. The number of carbonyl (C=O) groups excluding carboxylic acids is 1. The second-order valence-electron chi connectivity index (χ2n) is 7.28. The molecule has 8 nitrogen and oxygen atoms in total. The summed E-state index contributed by atoms with van der Waals surface area (Å²) >= 11 is 0. The first kappa shape index (κ1) is 20.4. The van der Waals surface area contributed by atoms with Crippen LogP contribution in [-0.4, -0.2) is 36.3 Å². The van der Waals surface area contributed by atoms with E-state index in [9.17, 15) is 18.0 Å². The van der Waals surface area contributed by atoms with E-state index in [2.05, 4.69) is 5.32 Å². The van der Waals surface area contributed by atoms with E-state index in [1.54, 1.807) is 36.4 Å². The lowest BCUT2D eigenvalue weighted by Crippen LogP contribution is -2.27. The van der Waals surface area contributed by atoms with Gasteiger partial charge in [0.25, 0.3) is 0 Å². The number of carbonyl (C=O) groups is 1.